The van der Waals surface area contributed by atoms with Crippen LogP contribution in [0.1, 0.15) is 18.0 Å². The molecule has 0 spiro atoms. The van der Waals surface area contributed by atoms with Crippen LogP contribution in [0.3, 0.4) is 0 Å². The van der Waals surface area contributed by atoms with Crippen LogP contribution in [0, 0.1) is 0 Å². The number of aromatic nitrogens is 1. The molecule has 2 N–H and O–H groups in total. The van der Waals surface area contributed by atoms with Gasteiger partial charge in [-0.25, -0.2) is 0 Å². The standard InChI is InChI=1S/C12H13N3O2/c16-12-5-10(14-3-4-15-12)9-7-17-11-1-2-13-6-8(9)11/h1-2,6-7,10,14H,3-5H2,(H,15,16). The first-order chi connectivity index (χ1) is 8.34. The SMILES string of the molecule is O=C1CC(c2coc3ccncc23)NCCN1. The predicted octanol–water partition coefficient (Wildman–Crippen LogP) is 0.978. The molecule has 2 aromatic rings. The summed E-state index contributed by atoms with van der Waals surface area (Å²) in [6.45, 7) is 1.44. The van der Waals surface area contributed by atoms with Gasteiger partial charge in [-0.1, -0.05) is 0 Å². The van der Waals surface area contributed by atoms with Crippen molar-refractivity contribution in [3.8, 4) is 0 Å². The Labute approximate surface area is 98.2 Å². The molecule has 0 radical (unpaired) electrons. The van der Waals surface area contributed by atoms with E-state index >= 15 is 0 Å². The number of rotatable bonds is 1. The molecular formula is C12H13N3O2. The van der Waals surface area contributed by atoms with E-state index in [9.17, 15) is 4.79 Å². The normalized spacial score (nSPS) is 21.2. The molecule has 1 aliphatic heterocycles. The van der Waals surface area contributed by atoms with Crippen molar-refractivity contribution in [1.82, 2.24) is 15.6 Å². The largest absolute Gasteiger partial charge is 0.464 e. The summed E-state index contributed by atoms with van der Waals surface area (Å²) in [5, 5.41) is 7.14. The van der Waals surface area contributed by atoms with E-state index in [4.69, 9.17) is 4.42 Å². The highest BCUT2D eigenvalue weighted by molar-refractivity contribution is 5.82. The van der Waals surface area contributed by atoms with Gasteiger partial charge < -0.3 is 15.1 Å². The van der Waals surface area contributed by atoms with E-state index < -0.39 is 0 Å². The maximum Gasteiger partial charge on any atom is 0.221 e. The lowest BCUT2D eigenvalue weighted by Crippen LogP contribution is -2.24. The average molecular weight is 231 g/mol. The van der Waals surface area contributed by atoms with Gasteiger partial charge >= 0.3 is 0 Å². The zero-order valence-electron chi connectivity index (χ0n) is 9.27. The van der Waals surface area contributed by atoms with Gasteiger partial charge in [0.05, 0.1) is 6.26 Å². The Hall–Kier alpha value is -1.88. The van der Waals surface area contributed by atoms with Crippen molar-refractivity contribution in [2.45, 2.75) is 12.5 Å². The molecule has 0 aliphatic carbocycles. The number of hydrogen-bond acceptors (Lipinski definition) is 4. The van der Waals surface area contributed by atoms with E-state index in [0.717, 1.165) is 23.1 Å². The van der Waals surface area contributed by atoms with Crippen LogP contribution >= 0.6 is 0 Å². The monoisotopic (exact) mass is 231 g/mol. The smallest absolute Gasteiger partial charge is 0.221 e. The number of hydrogen-bond donors (Lipinski definition) is 2. The molecule has 3 heterocycles. The minimum atomic E-state index is 0.00273. The summed E-state index contributed by atoms with van der Waals surface area (Å²) in [6, 6.07) is 1.83. The van der Waals surface area contributed by atoms with E-state index in [1.807, 2.05) is 6.07 Å². The Morgan fingerprint density at radius 3 is 3.29 bits per heavy atom. The molecule has 17 heavy (non-hydrogen) atoms. The van der Waals surface area contributed by atoms with Crippen LogP contribution in [0.4, 0.5) is 0 Å². The second-order valence-electron chi connectivity index (χ2n) is 4.12. The fraction of sp³-hybridized carbons (Fsp3) is 0.333. The first-order valence-electron chi connectivity index (χ1n) is 5.66. The van der Waals surface area contributed by atoms with Crippen molar-refractivity contribution in [2.24, 2.45) is 0 Å². The van der Waals surface area contributed by atoms with Gasteiger partial charge in [-0.3, -0.25) is 9.78 Å². The quantitative estimate of drug-likeness (QED) is 0.767. The Morgan fingerprint density at radius 1 is 1.41 bits per heavy atom. The number of carbonyl (C=O) groups is 1. The second kappa shape index (κ2) is 4.18. The summed E-state index contributed by atoms with van der Waals surface area (Å²) in [6.07, 6.45) is 5.62. The van der Waals surface area contributed by atoms with Gasteiger partial charge in [0.1, 0.15) is 5.58 Å². The molecule has 0 bridgehead atoms. The highest BCUT2D eigenvalue weighted by atomic mass is 16.3. The van der Waals surface area contributed by atoms with Crippen LogP contribution in [-0.2, 0) is 4.79 Å². The Bertz CT molecular complexity index is 549. The maximum atomic E-state index is 11.5. The molecule has 3 rings (SSSR count). The molecule has 88 valence electrons. The number of furan rings is 1. The van der Waals surface area contributed by atoms with Crippen LogP contribution in [-0.4, -0.2) is 24.0 Å². The first-order valence-corrected chi connectivity index (χ1v) is 5.66. The molecule has 2 aromatic heterocycles. The number of nitrogens with one attached hydrogen (secondary N) is 2. The Morgan fingerprint density at radius 2 is 2.35 bits per heavy atom. The number of nitrogens with zero attached hydrogens (tertiary/aromatic N) is 1. The van der Waals surface area contributed by atoms with Gasteiger partial charge in [0, 0.05) is 48.9 Å². The number of carbonyl (C=O) groups excluding carboxylic acids is 1. The van der Waals surface area contributed by atoms with E-state index in [1.54, 1.807) is 18.7 Å². The zero-order chi connectivity index (χ0) is 11.7. The van der Waals surface area contributed by atoms with Crippen molar-refractivity contribution >= 4 is 16.9 Å². The van der Waals surface area contributed by atoms with Crippen LogP contribution < -0.4 is 10.6 Å². The third kappa shape index (κ3) is 1.89. The predicted molar refractivity (Wildman–Crippen MR) is 62.4 cm³/mol. The third-order valence-corrected chi connectivity index (χ3v) is 3.01. The second-order valence-corrected chi connectivity index (χ2v) is 4.12. The van der Waals surface area contributed by atoms with Crippen molar-refractivity contribution in [3.63, 3.8) is 0 Å². The van der Waals surface area contributed by atoms with Crippen molar-refractivity contribution in [3.05, 3.63) is 30.3 Å². The fourth-order valence-corrected chi connectivity index (χ4v) is 2.16. The molecule has 1 fully saturated rings. The van der Waals surface area contributed by atoms with Crippen molar-refractivity contribution in [2.75, 3.05) is 13.1 Å². The number of pyridine rings is 1. The summed E-state index contributed by atoms with van der Waals surface area (Å²) >= 11 is 0. The fourth-order valence-electron chi connectivity index (χ4n) is 2.16. The van der Waals surface area contributed by atoms with E-state index in [-0.39, 0.29) is 11.9 Å². The first kappa shape index (κ1) is 10.3. The lowest BCUT2D eigenvalue weighted by molar-refractivity contribution is -0.121. The van der Waals surface area contributed by atoms with Gasteiger partial charge in [0.15, 0.2) is 0 Å². The van der Waals surface area contributed by atoms with Crippen LogP contribution in [0.15, 0.2) is 29.1 Å². The number of fused-ring (bicyclic) bond motifs is 1. The minimum absolute atomic E-state index is 0.00273. The highest BCUT2D eigenvalue weighted by Crippen LogP contribution is 2.27. The Balaban J connectivity index is 1.99. The topological polar surface area (TPSA) is 67.2 Å². The summed E-state index contributed by atoms with van der Waals surface area (Å²) < 4.78 is 5.47. The molecule has 1 unspecified atom stereocenters. The van der Waals surface area contributed by atoms with E-state index in [0.29, 0.717) is 13.0 Å². The van der Waals surface area contributed by atoms with Crippen molar-refractivity contribution in [1.29, 1.82) is 0 Å². The van der Waals surface area contributed by atoms with E-state index in [1.165, 1.54) is 0 Å². The zero-order valence-corrected chi connectivity index (χ0v) is 9.27. The molecule has 0 aromatic carbocycles. The lowest BCUT2D eigenvalue weighted by Gasteiger charge is -2.12. The Kier molecular flexibility index (Phi) is 2.53. The average Bonchev–Trinajstić information content (AvgIpc) is 2.66. The molecule has 1 aliphatic rings. The highest BCUT2D eigenvalue weighted by Gasteiger charge is 2.21. The molecule has 0 saturated carbocycles. The lowest BCUT2D eigenvalue weighted by atomic mass is 10.0. The van der Waals surface area contributed by atoms with Gasteiger partial charge in [-0.05, 0) is 6.07 Å². The summed E-state index contributed by atoms with van der Waals surface area (Å²) in [5.74, 6) is 0.0678. The third-order valence-electron chi connectivity index (χ3n) is 3.01. The molecule has 1 saturated heterocycles. The van der Waals surface area contributed by atoms with Crippen molar-refractivity contribution < 1.29 is 9.21 Å². The molecule has 5 nitrogen and oxygen atoms in total. The number of amides is 1. The van der Waals surface area contributed by atoms with Gasteiger partial charge in [0.2, 0.25) is 5.91 Å². The van der Waals surface area contributed by atoms with Crippen LogP contribution in [0.2, 0.25) is 0 Å². The minimum Gasteiger partial charge on any atom is -0.464 e. The molecule has 1 amide bonds. The maximum absolute atomic E-state index is 11.5. The summed E-state index contributed by atoms with van der Waals surface area (Å²) in [7, 11) is 0. The molecule has 1 atom stereocenters. The van der Waals surface area contributed by atoms with Gasteiger partial charge in [-0.15, -0.1) is 0 Å². The molecular weight excluding hydrogens is 218 g/mol. The molecule has 5 heteroatoms. The van der Waals surface area contributed by atoms with Crippen LogP contribution in [0.5, 0.6) is 0 Å². The van der Waals surface area contributed by atoms with E-state index in [2.05, 4.69) is 15.6 Å². The summed E-state index contributed by atoms with van der Waals surface area (Å²) in [4.78, 5) is 15.6. The van der Waals surface area contributed by atoms with Gasteiger partial charge in [0.25, 0.3) is 0 Å². The summed E-state index contributed by atoms with van der Waals surface area (Å²) in [5.41, 5.74) is 1.81. The van der Waals surface area contributed by atoms with Crippen LogP contribution in [0.25, 0.3) is 11.0 Å². The van der Waals surface area contributed by atoms with Gasteiger partial charge in [-0.2, -0.15) is 0 Å².